The number of aliphatic imine (C=N–C) groups is 1. The van der Waals surface area contributed by atoms with E-state index in [4.69, 9.17) is 16.3 Å². The minimum atomic E-state index is -0.0721. The van der Waals surface area contributed by atoms with Crippen molar-refractivity contribution >= 4 is 40.5 Å². The normalized spacial score (nSPS) is 13.6. The average molecular weight is 517 g/mol. The number of methoxy groups -OCH3 is 1. The van der Waals surface area contributed by atoms with Crippen LogP contribution in [-0.4, -0.2) is 50.1 Å². The molecule has 8 nitrogen and oxygen atoms in total. The van der Waals surface area contributed by atoms with Crippen LogP contribution >= 0.6 is 11.6 Å². The monoisotopic (exact) mass is 516 g/mol. The van der Waals surface area contributed by atoms with E-state index in [0.29, 0.717) is 30.5 Å². The maximum absolute atomic E-state index is 12.4. The number of ether oxygens (including phenoxy) is 1. The Labute approximate surface area is 222 Å². The lowest BCUT2D eigenvalue weighted by Crippen LogP contribution is -2.50. The highest BCUT2D eigenvalue weighted by Gasteiger charge is 2.21. The molecule has 190 valence electrons. The second-order valence-electron chi connectivity index (χ2n) is 8.69. The van der Waals surface area contributed by atoms with Crippen LogP contribution in [0.2, 0.25) is 5.02 Å². The summed E-state index contributed by atoms with van der Waals surface area (Å²) in [6.07, 6.45) is 2.19. The van der Waals surface area contributed by atoms with E-state index in [9.17, 15) is 10.1 Å². The quantitative estimate of drug-likeness (QED) is 0.275. The summed E-state index contributed by atoms with van der Waals surface area (Å²) in [6.45, 7) is 4.86. The molecule has 0 bridgehead atoms. The minimum Gasteiger partial charge on any atom is -0.497 e. The third kappa shape index (κ3) is 6.72. The molecule has 1 fully saturated rings. The largest absolute Gasteiger partial charge is 0.497 e. The summed E-state index contributed by atoms with van der Waals surface area (Å²) >= 11 is 6.35. The summed E-state index contributed by atoms with van der Waals surface area (Å²) < 4.78 is 5.16. The number of piperazine rings is 1. The van der Waals surface area contributed by atoms with Gasteiger partial charge in [-0.3, -0.25) is 4.79 Å². The van der Waals surface area contributed by atoms with Gasteiger partial charge in [0.05, 0.1) is 24.2 Å². The highest BCUT2D eigenvalue weighted by Crippen LogP contribution is 2.26. The van der Waals surface area contributed by atoms with Crippen LogP contribution < -0.4 is 20.3 Å². The van der Waals surface area contributed by atoms with E-state index in [-0.39, 0.29) is 5.91 Å². The fourth-order valence-corrected chi connectivity index (χ4v) is 4.46. The number of aryl methyl sites for hydroxylation is 1. The Bertz CT molecular complexity index is 1270. The Morgan fingerprint density at radius 2 is 1.73 bits per heavy atom. The van der Waals surface area contributed by atoms with Crippen LogP contribution in [0, 0.1) is 18.4 Å². The Morgan fingerprint density at radius 3 is 2.35 bits per heavy atom. The zero-order valence-corrected chi connectivity index (χ0v) is 21.6. The maximum atomic E-state index is 12.4. The van der Waals surface area contributed by atoms with Crippen LogP contribution in [-0.2, 0) is 11.2 Å². The number of guanidine groups is 1. The third-order valence-corrected chi connectivity index (χ3v) is 6.55. The summed E-state index contributed by atoms with van der Waals surface area (Å²) in [5, 5.41) is 16.0. The number of para-hydroxylation sites is 1. The molecule has 0 radical (unpaired) electrons. The molecule has 0 spiro atoms. The van der Waals surface area contributed by atoms with Crippen LogP contribution in [0.15, 0.2) is 71.7 Å². The number of nitrogens with one attached hydrogen (secondary N) is 2. The maximum Gasteiger partial charge on any atom is 0.228 e. The molecule has 37 heavy (non-hydrogen) atoms. The number of carbonyl (C=O) groups is 1. The fourth-order valence-electron chi connectivity index (χ4n) is 4.19. The van der Waals surface area contributed by atoms with Gasteiger partial charge in [-0.1, -0.05) is 35.9 Å². The number of amides is 1. The van der Waals surface area contributed by atoms with Gasteiger partial charge >= 0.3 is 0 Å². The molecule has 1 aliphatic heterocycles. The third-order valence-electron chi connectivity index (χ3n) is 6.23. The van der Waals surface area contributed by atoms with Gasteiger partial charge in [-0.25, -0.2) is 0 Å². The number of anilines is 3. The van der Waals surface area contributed by atoms with Gasteiger partial charge in [0.15, 0.2) is 0 Å². The fraction of sp³-hybridized carbons (Fsp3) is 0.250. The van der Waals surface area contributed by atoms with Gasteiger partial charge in [0.1, 0.15) is 5.75 Å². The van der Waals surface area contributed by atoms with Crippen LogP contribution in [0.1, 0.15) is 11.1 Å². The molecule has 3 aromatic carbocycles. The number of halogens is 1. The van der Waals surface area contributed by atoms with Gasteiger partial charge in [-0.15, -0.1) is 4.99 Å². The summed E-state index contributed by atoms with van der Waals surface area (Å²) in [5.74, 6) is 1.19. The van der Waals surface area contributed by atoms with E-state index in [2.05, 4.69) is 25.4 Å². The molecule has 0 aliphatic carbocycles. The molecule has 1 aliphatic rings. The predicted octanol–water partition coefficient (Wildman–Crippen LogP) is 4.91. The van der Waals surface area contributed by atoms with Gasteiger partial charge in [0.25, 0.3) is 0 Å². The van der Waals surface area contributed by atoms with E-state index >= 15 is 0 Å². The Kier molecular flexibility index (Phi) is 8.49. The van der Waals surface area contributed by atoms with E-state index in [1.54, 1.807) is 7.11 Å². The van der Waals surface area contributed by atoms with E-state index < -0.39 is 0 Å². The van der Waals surface area contributed by atoms with Crippen LogP contribution in [0.4, 0.5) is 17.1 Å². The van der Waals surface area contributed by atoms with Crippen molar-refractivity contribution in [1.82, 2.24) is 4.90 Å². The number of carbonyl (C=O) groups excluding carboxylic acids is 1. The number of hydrogen-bond donors (Lipinski definition) is 2. The van der Waals surface area contributed by atoms with Crippen molar-refractivity contribution in [3.05, 3.63) is 82.9 Å². The first-order valence-corrected chi connectivity index (χ1v) is 12.4. The molecule has 4 rings (SSSR count). The Morgan fingerprint density at radius 1 is 1.03 bits per heavy atom. The lowest BCUT2D eigenvalue weighted by atomic mass is 10.1. The Hall–Kier alpha value is -4.22. The number of nitriles is 1. The molecule has 0 saturated carbocycles. The summed E-state index contributed by atoms with van der Waals surface area (Å²) in [7, 11) is 1.62. The van der Waals surface area contributed by atoms with Crippen molar-refractivity contribution in [3.8, 4) is 11.9 Å². The van der Waals surface area contributed by atoms with E-state index in [0.717, 1.165) is 47.0 Å². The average Bonchev–Trinajstić information content (AvgIpc) is 2.91. The number of hydrogen-bond acceptors (Lipinski definition) is 5. The molecule has 0 atom stereocenters. The molecular weight excluding hydrogens is 488 g/mol. The van der Waals surface area contributed by atoms with E-state index in [1.165, 1.54) is 0 Å². The highest BCUT2D eigenvalue weighted by molar-refractivity contribution is 6.34. The second kappa shape index (κ2) is 12.2. The number of nitrogens with zero attached hydrogens (tertiary/aromatic N) is 4. The van der Waals surface area contributed by atoms with Crippen molar-refractivity contribution < 1.29 is 9.53 Å². The van der Waals surface area contributed by atoms with E-state index in [1.807, 2.05) is 79.8 Å². The number of rotatable bonds is 6. The van der Waals surface area contributed by atoms with Gasteiger partial charge in [0, 0.05) is 37.6 Å². The topological polar surface area (TPSA) is 93.0 Å². The van der Waals surface area contributed by atoms with Gasteiger partial charge in [0.2, 0.25) is 18.1 Å². The molecule has 1 saturated heterocycles. The van der Waals surface area contributed by atoms with Gasteiger partial charge in [-0.2, -0.15) is 5.26 Å². The molecular formula is C28H29ClN6O2. The SMILES string of the molecule is COc1ccc(CC(=O)Nc2ccc(N3CCN(/C(=N\C#N)Nc4c(C)cccc4Cl)CC3)cc2)cc1. The van der Waals surface area contributed by atoms with Crippen LogP contribution in [0.3, 0.4) is 0 Å². The summed E-state index contributed by atoms with van der Waals surface area (Å²) in [6, 6.07) is 21.0. The van der Waals surface area contributed by atoms with Crippen LogP contribution in [0.5, 0.6) is 5.75 Å². The van der Waals surface area contributed by atoms with Crippen molar-refractivity contribution in [3.63, 3.8) is 0 Å². The molecule has 9 heteroatoms. The molecule has 3 aromatic rings. The Balaban J connectivity index is 1.31. The smallest absolute Gasteiger partial charge is 0.228 e. The van der Waals surface area contributed by atoms with Crippen LogP contribution in [0.25, 0.3) is 0 Å². The predicted molar refractivity (Wildman–Crippen MR) is 148 cm³/mol. The molecule has 0 unspecified atom stereocenters. The summed E-state index contributed by atoms with van der Waals surface area (Å²) in [5.41, 5.74) is 4.48. The van der Waals surface area contributed by atoms with Crippen molar-refractivity contribution in [2.24, 2.45) is 4.99 Å². The first-order valence-electron chi connectivity index (χ1n) is 12.0. The number of benzene rings is 3. The van der Waals surface area contributed by atoms with Crippen molar-refractivity contribution in [1.29, 1.82) is 5.26 Å². The van der Waals surface area contributed by atoms with Crippen molar-refractivity contribution in [2.75, 3.05) is 48.8 Å². The zero-order valence-electron chi connectivity index (χ0n) is 20.9. The lowest BCUT2D eigenvalue weighted by Gasteiger charge is -2.37. The molecule has 1 amide bonds. The van der Waals surface area contributed by atoms with Crippen molar-refractivity contribution in [2.45, 2.75) is 13.3 Å². The second-order valence-corrected chi connectivity index (χ2v) is 9.09. The standard InChI is InChI=1S/C28H29ClN6O2/c1-20-4-3-5-25(29)27(20)33-28(31-19-30)35-16-14-34(15-17-35)23-10-8-22(9-11-23)32-26(36)18-21-6-12-24(37-2)13-7-21/h3-13H,14-18H2,1-2H3,(H,31,33)(H,32,36). The zero-order chi connectivity index (χ0) is 26.2. The summed E-state index contributed by atoms with van der Waals surface area (Å²) in [4.78, 5) is 20.8. The lowest BCUT2D eigenvalue weighted by molar-refractivity contribution is -0.115. The van der Waals surface area contributed by atoms with Gasteiger partial charge in [-0.05, 0) is 60.5 Å². The molecule has 1 heterocycles. The molecule has 0 aromatic heterocycles. The first-order chi connectivity index (χ1) is 18.0. The first kappa shape index (κ1) is 25.9. The molecule has 2 N–H and O–H groups in total. The van der Waals surface area contributed by atoms with Gasteiger partial charge < -0.3 is 25.2 Å². The highest BCUT2D eigenvalue weighted by atomic mass is 35.5. The minimum absolute atomic E-state index is 0.0721.